The van der Waals surface area contributed by atoms with Crippen molar-refractivity contribution in [3.63, 3.8) is 0 Å². The number of carbonyl (C=O) groups excluding carboxylic acids is 3. The number of Topliss-reactive ketones (excluding diaryl/α,β-unsaturated/α-hetero) is 1. The third-order valence-corrected chi connectivity index (χ3v) is 3.73. The molecule has 1 aromatic rings. The van der Waals surface area contributed by atoms with E-state index in [9.17, 15) is 24.8 Å². The van der Waals surface area contributed by atoms with E-state index in [-0.39, 0.29) is 17.7 Å². The van der Waals surface area contributed by atoms with Crippen molar-refractivity contribution in [2.24, 2.45) is 0 Å². The highest BCUT2D eigenvalue weighted by Crippen LogP contribution is 2.40. The summed E-state index contributed by atoms with van der Waals surface area (Å²) in [5.74, 6) is -2.28. The summed E-state index contributed by atoms with van der Waals surface area (Å²) < 4.78 is 0. The van der Waals surface area contributed by atoms with E-state index < -0.39 is 28.4 Å². The van der Waals surface area contributed by atoms with E-state index in [4.69, 9.17) is 11.6 Å². The van der Waals surface area contributed by atoms with Gasteiger partial charge in [0.05, 0.1) is 12.6 Å². The average molecular weight is 319 g/mol. The Bertz CT molecular complexity index is 763. The lowest BCUT2D eigenvalue weighted by Gasteiger charge is -2.29. The summed E-state index contributed by atoms with van der Waals surface area (Å²) >= 11 is 5.89. The fourth-order valence-electron chi connectivity index (χ4n) is 2.30. The van der Waals surface area contributed by atoms with E-state index in [1.807, 2.05) is 6.07 Å². The van der Waals surface area contributed by atoms with Crippen molar-refractivity contribution in [3.05, 3.63) is 39.9 Å². The minimum atomic E-state index is -1.65. The van der Waals surface area contributed by atoms with Gasteiger partial charge < -0.3 is 15.2 Å². The minimum absolute atomic E-state index is 0.185. The predicted octanol–water partition coefficient (Wildman–Crippen LogP) is 1.29. The number of amides is 1. The molecule has 112 valence electrons. The standard InChI is InChI=1S/C15H11ClN2O4/c1-15(7-17)10-6-8(16)2-3-9(10)12(20)11(13(15)21)14(22)18-4-5-19/h2-3,5-6,20H,4H2,1H3,(H,18,22)/t15-/m1/s1. The highest BCUT2D eigenvalue weighted by Gasteiger charge is 2.47. The van der Waals surface area contributed by atoms with Crippen LogP contribution in [0, 0.1) is 11.3 Å². The molecule has 0 saturated heterocycles. The molecule has 1 atom stereocenters. The van der Waals surface area contributed by atoms with Crippen LogP contribution >= 0.6 is 11.6 Å². The molecule has 1 aliphatic rings. The number of aldehydes is 1. The Kier molecular flexibility index (Phi) is 4.02. The zero-order valence-corrected chi connectivity index (χ0v) is 12.3. The van der Waals surface area contributed by atoms with Crippen molar-refractivity contribution < 1.29 is 19.5 Å². The number of nitriles is 1. The van der Waals surface area contributed by atoms with Crippen LogP contribution in [0.2, 0.25) is 5.02 Å². The molecule has 1 aromatic carbocycles. The molecule has 6 nitrogen and oxygen atoms in total. The zero-order chi connectivity index (χ0) is 16.5. The highest BCUT2D eigenvalue weighted by molar-refractivity contribution is 6.32. The number of hydrogen-bond acceptors (Lipinski definition) is 5. The first-order valence-corrected chi connectivity index (χ1v) is 6.66. The summed E-state index contributed by atoms with van der Waals surface area (Å²) in [4.78, 5) is 34.9. The summed E-state index contributed by atoms with van der Waals surface area (Å²) in [7, 11) is 0. The zero-order valence-electron chi connectivity index (χ0n) is 11.5. The van der Waals surface area contributed by atoms with Crippen LogP contribution in [0.15, 0.2) is 23.8 Å². The van der Waals surface area contributed by atoms with E-state index in [0.29, 0.717) is 11.3 Å². The molecule has 0 fully saturated rings. The van der Waals surface area contributed by atoms with E-state index in [0.717, 1.165) is 0 Å². The second-order valence-electron chi connectivity index (χ2n) is 4.86. The monoisotopic (exact) mass is 318 g/mol. The van der Waals surface area contributed by atoms with E-state index in [1.54, 1.807) is 0 Å². The summed E-state index contributed by atoms with van der Waals surface area (Å²) in [5.41, 5.74) is -1.78. The number of carbonyl (C=O) groups is 3. The summed E-state index contributed by atoms with van der Waals surface area (Å²) in [6, 6.07) is 6.19. The second-order valence-corrected chi connectivity index (χ2v) is 5.29. The molecule has 7 heteroatoms. The summed E-state index contributed by atoms with van der Waals surface area (Å²) in [6.45, 7) is 1.05. The molecule has 0 spiro atoms. The van der Waals surface area contributed by atoms with Gasteiger partial charge in [-0.3, -0.25) is 9.59 Å². The van der Waals surface area contributed by atoms with Gasteiger partial charge in [0, 0.05) is 10.6 Å². The van der Waals surface area contributed by atoms with Crippen LogP contribution in [-0.4, -0.2) is 29.6 Å². The van der Waals surface area contributed by atoms with Crippen LogP contribution in [0.5, 0.6) is 0 Å². The van der Waals surface area contributed by atoms with Crippen LogP contribution in [0.25, 0.3) is 5.76 Å². The van der Waals surface area contributed by atoms with Crippen LogP contribution < -0.4 is 5.32 Å². The Morgan fingerprint density at radius 3 is 2.82 bits per heavy atom. The molecular weight excluding hydrogens is 308 g/mol. The van der Waals surface area contributed by atoms with Gasteiger partial charge in [-0.05, 0) is 30.7 Å². The van der Waals surface area contributed by atoms with Gasteiger partial charge in [0.25, 0.3) is 5.91 Å². The topological polar surface area (TPSA) is 107 Å². The van der Waals surface area contributed by atoms with Crippen molar-refractivity contribution in [2.45, 2.75) is 12.3 Å². The molecule has 0 unspecified atom stereocenters. The van der Waals surface area contributed by atoms with Gasteiger partial charge in [-0.15, -0.1) is 0 Å². The first-order valence-electron chi connectivity index (χ1n) is 6.28. The predicted molar refractivity (Wildman–Crippen MR) is 78.0 cm³/mol. The molecule has 0 saturated carbocycles. The Balaban J connectivity index is 2.70. The lowest BCUT2D eigenvalue weighted by molar-refractivity contribution is -0.125. The molecule has 1 aliphatic carbocycles. The number of hydrogen-bond donors (Lipinski definition) is 2. The number of aliphatic hydroxyl groups is 1. The molecule has 2 N–H and O–H groups in total. The number of benzene rings is 1. The summed E-state index contributed by atoms with van der Waals surface area (Å²) in [5, 5.41) is 22.1. The fourth-order valence-corrected chi connectivity index (χ4v) is 2.47. The summed E-state index contributed by atoms with van der Waals surface area (Å²) in [6.07, 6.45) is 0.444. The molecule has 0 radical (unpaired) electrons. The van der Waals surface area contributed by atoms with Gasteiger partial charge >= 0.3 is 0 Å². The lowest BCUT2D eigenvalue weighted by Crippen LogP contribution is -2.42. The van der Waals surface area contributed by atoms with Crippen molar-refractivity contribution >= 4 is 35.3 Å². The Morgan fingerprint density at radius 2 is 2.23 bits per heavy atom. The van der Waals surface area contributed by atoms with Gasteiger partial charge in [-0.25, -0.2) is 0 Å². The maximum Gasteiger partial charge on any atom is 0.259 e. The number of rotatable bonds is 3. The molecule has 0 bridgehead atoms. The van der Waals surface area contributed by atoms with Gasteiger partial charge in [-0.2, -0.15) is 5.26 Å². The SMILES string of the molecule is C[C@]1(C#N)C(=O)C(C(=O)NCC=O)=C(O)c2ccc(Cl)cc21. The molecule has 0 aliphatic heterocycles. The quantitative estimate of drug-likeness (QED) is 0.645. The maximum absolute atomic E-state index is 12.5. The number of halogens is 1. The van der Waals surface area contributed by atoms with E-state index >= 15 is 0 Å². The number of ketones is 1. The number of nitrogens with one attached hydrogen (secondary N) is 1. The number of aliphatic hydroxyl groups excluding tert-OH is 1. The van der Waals surface area contributed by atoms with E-state index in [1.165, 1.54) is 25.1 Å². The molecule has 0 aromatic heterocycles. The largest absolute Gasteiger partial charge is 0.506 e. The molecule has 2 rings (SSSR count). The number of nitrogens with zero attached hydrogens (tertiary/aromatic N) is 1. The third-order valence-electron chi connectivity index (χ3n) is 3.49. The maximum atomic E-state index is 12.5. The lowest BCUT2D eigenvalue weighted by atomic mass is 9.70. The van der Waals surface area contributed by atoms with Gasteiger partial charge in [0.15, 0.2) is 5.78 Å². The van der Waals surface area contributed by atoms with E-state index in [2.05, 4.69) is 5.32 Å². The Morgan fingerprint density at radius 1 is 1.55 bits per heavy atom. The van der Waals surface area contributed by atoms with Gasteiger partial charge in [0.2, 0.25) is 0 Å². The van der Waals surface area contributed by atoms with Crippen LogP contribution in [0.3, 0.4) is 0 Å². The normalized spacial score (nSPS) is 20.1. The van der Waals surface area contributed by atoms with Gasteiger partial charge in [-0.1, -0.05) is 11.6 Å². The molecule has 1 amide bonds. The Labute approximate surface area is 131 Å². The van der Waals surface area contributed by atoms with Crippen molar-refractivity contribution in [1.29, 1.82) is 5.26 Å². The minimum Gasteiger partial charge on any atom is -0.506 e. The fraction of sp³-hybridized carbons (Fsp3) is 0.200. The van der Waals surface area contributed by atoms with Crippen LogP contribution in [0.1, 0.15) is 18.1 Å². The number of fused-ring (bicyclic) bond motifs is 1. The van der Waals surface area contributed by atoms with Crippen molar-refractivity contribution in [1.82, 2.24) is 5.32 Å². The molecular formula is C15H11ClN2O4. The third kappa shape index (κ3) is 2.26. The van der Waals surface area contributed by atoms with Gasteiger partial charge in [0.1, 0.15) is 23.0 Å². The van der Waals surface area contributed by atoms with Crippen molar-refractivity contribution in [3.8, 4) is 6.07 Å². The van der Waals surface area contributed by atoms with Crippen LogP contribution in [-0.2, 0) is 19.8 Å². The Hall–Kier alpha value is -2.65. The average Bonchev–Trinajstić information content (AvgIpc) is 2.50. The molecule has 22 heavy (non-hydrogen) atoms. The smallest absolute Gasteiger partial charge is 0.259 e. The highest BCUT2D eigenvalue weighted by atomic mass is 35.5. The van der Waals surface area contributed by atoms with Crippen LogP contribution in [0.4, 0.5) is 0 Å². The molecule has 0 heterocycles. The van der Waals surface area contributed by atoms with Crippen molar-refractivity contribution in [2.75, 3.05) is 6.54 Å². The first-order chi connectivity index (χ1) is 10.4. The second kappa shape index (κ2) is 5.62. The first kappa shape index (κ1) is 15.7.